The van der Waals surface area contributed by atoms with Crippen LogP contribution in [0, 0.1) is 13.8 Å². The van der Waals surface area contributed by atoms with Crippen LogP contribution in [0.4, 0.5) is 0 Å². The fraction of sp³-hybridized carbons (Fsp3) is 0.300. The van der Waals surface area contributed by atoms with Crippen LogP contribution in [0.1, 0.15) is 27.0 Å². The lowest BCUT2D eigenvalue weighted by Crippen LogP contribution is -2.31. The van der Waals surface area contributed by atoms with Crippen molar-refractivity contribution in [2.75, 3.05) is 19.9 Å². The molecule has 7 heteroatoms. The Bertz CT molecular complexity index is 949. The van der Waals surface area contributed by atoms with E-state index in [1.165, 1.54) is 29.2 Å². The number of likely N-dealkylation sites (N-methyl/N-ethyl adjacent to an activating group) is 1. The summed E-state index contributed by atoms with van der Waals surface area (Å²) in [6.45, 7) is 4.04. The molecule has 0 radical (unpaired) electrons. The molecule has 0 fully saturated rings. The Morgan fingerprint density at radius 1 is 1.04 bits per heavy atom. The maximum Gasteiger partial charge on any atom is 0.338 e. The average Bonchev–Trinajstić information content (AvgIpc) is 2.61. The van der Waals surface area contributed by atoms with Gasteiger partial charge < -0.3 is 9.64 Å². The summed E-state index contributed by atoms with van der Waals surface area (Å²) in [5.74, 6) is -1.00. The van der Waals surface area contributed by atoms with E-state index in [1.54, 1.807) is 7.05 Å². The van der Waals surface area contributed by atoms with Gasteiger partial charge in [0, 0.05) is 19.8 Å². The minimum atomic E-state index is -3.33. The van der Waals surface area contributed by atoms with Crippen LogP contribution in [-0.4, -0.2) is 45.1 Å². The van der Waals surface area contributed by atoms with Crippen LogP contribution in [0.15, 0.2) is 47.4 Å². The number of rotatable bonds is 6. The Labute approximate surface area is 159 Å². The third kappa shape index (κ3) is 5.65. The molecule has 2 rings (SSSR count). The molecule has 2 aromatic rings. The van der Waals surface area contributed by atoms with Crippen LogP contribution in [-0.2, 0) is 25.9 Å². The zero-order valence-corrected chi connectivity index (χ0v) is 16.7. The molecule has 0 spiro atoms. The summed E-state index contributed by atoms with van der Waals surface area (Å²) >= 11 is 0. The fourth-order valence-corrected chi connectivity index (χ4v) is 3.16. The van der Waals surface area contributed by atoms with Crippen LogP contribution < -0.4 is 0 Å². The molecule has 0 N–H and O–H groups in total. The summed E-state index contributed by atoms with van der Waals surface area (Å²) in [6.07, 6.45) is 1.09. The molecule has 0 aliphatic carbocycles. The molecule has 0 saturated heterocycles. The van der Waals surface area contributed by atoms with Gasteiger partial charge in [-0.25, -0.2) is 13.2 Å². The Hall–Kier alpha value is -2.67. The van der Waals surface area contributed by atoms with Gasteiger partial charge in [0.05, 0.1) is 10.5 Å². The minimum Gasteiger partial charge on any atom is -0.452 e. The van der Waals surface area contributed by atoms with Crippen molar-refractivity contribution >= 4 is 21.7 Å². The Balaban J connectivity index is 1.93. The molecular weight excluding hydrogens is 366 g/mol. The molecule has 144 valence electrons. The van der Waals surface area contributed by atoms with E-state index in [0.717, 1.165) is 22.9 Å². The van der Waals surface area contributed by atoms with Crippen molar-refractivity contribution in [3.63, 3.8) is 0 Å². The fourth-order valence-electron chi connectivity index (χ4n) is 2.53. The zero-order valence-electron chi connectivity index (χ0n) is 15.9. The van der Waals surface area contributed by atoms with Gasteiger partial charge in [-0.15, -0.1) is 0 Å². The highest BCUT2D eigenvalue weighted by Crippen LogP contribution is 2.13. The molecule has 1 amide bonds. The first kappa shape index (κ1) is 20.6. The molecule has 2 aromatic carbocycles. The Morgan fingerprint density at radius 2 is 1.67 bits per heavy atom. The third-order valence-corrected chi connectivity index (χ3v) is 5.30. The van der Waals surface area contributed by atoms with Gasteiger partial charge >= 0.3 is 5.97 Å². The second-order valence-corrected chi connectivity index (χ2v) is 8.57. The number of hydrogen-bond donors (Lipinski definition) is 0. The average molecular weight is 389 g/mol. The second kappa shape index (κ2) is 8.35. The highest BCUT2D eigenvalue weighted by Gasteiger charge is 2.15. The molecule has 0 bridgehead atoms. The maximum atomic E-state index is 12.2. The smallest absolute Gasteiger partial charge is 0.338 e. The van der Waals surface area contributed by atoms with Crippen molar-refractivity contribution in [3.05, 3.63) is 64.7 Å². The van der Waals surface area contributed by atoms with Crippen LogP contribution in [0.25, 0.3) is 0 Å². The summed E-state index contributed by atoms with van der Waals surface area (Å²) in [6, 6.07) is 11.4. The standard InChI is InChI=1S/C20H23NO5S/c1-14-5-6-17(15(2)11-14)12-21(3)19(22)13-26-20(23)16-7-9-18(10-8-16)27(4,24)25/h5-11H,12-13H2,1-4H3. The topological polar surface area (TPSA) is 80.8 Å². The molecule has 0 saturated carbocycles. The van der Waals surface area contributed by atoms with E-state index in [0.29, 0.717) is 6.54 Å². The second-order valence-electron chi connectivity index (χ2n) is 6.55. The zero-order chi connectivity index (χ0) is 20.2. The normalized spacial score (nSPS) is 11.1. The van der Waals surface area contributed by atoms with E-state index < -0.39 is 15.8 Å². The van der Waals surface area contributed by atoms with E-state index in [2.05, 4.69) is 0 Å². The lowest BCUT2D eigenvalue weighted by atomic mass is 10.1. The van der Waals surface area contributed by atoms with Gasteiger partial charge in [-0.2, -0.15) is 0 Å². The van der Waals surface area contributed by atoms with Crippen molar-refractivity contribution < 1.29 is 22.7 Å². The predicted molar refractivity (Wildman–Crippen MR) is 102 cm³/mol. The first-order valence-electron chi connectivity index (χ1n) is 8.35. The SMILES string of the molecule is Cc1ccc(CN(C)C(=O)COC(=O)c2ccc(S(C)(=O)=O)cc2)c(C)c1. The van der Waals surface area contributed by atoms with Crippen molar-refractivity contribution in [2.45, 2.75) is 25.3 Å². The van der Waals surface area contributed by atoms with Gasteiger partial charge in [-0.05, 0) is 49.2 Å². The molecule has 6 nitrogen and oxygen atoms in total. The number of sulfone groups is 1. The molecule has 0 heterocycles. The van der Waals surface area contributed by atoms with Crippen molar-refractivity contribution in [2.24, 2.45) is 0 Å². The quantitative estimate of drug-likeness (QED) is 0.709. The monoisotopic (exact) mass is 389 g/mol. The number of esters is 1. The highest BCUT2D eigenvalue weighted by molar-refractivity contribution is 7.90. The van der Waals surface area contributed by atoms with E-state index in [9.17, 15) is 18.0 Å². The largest absolute Gasteiger partial charge is 0.452 e. The Kier molecular flexibility index (Phi) is 6.38. The molecular formula is C20H23NO5S. The molecule has 0 atom stereocenters. The molecule has 27 heavy (non-hydrogen) atoms. The molecule has 0 unspecified atom stereocenters. The van der Waals surface area contributed by atoms with E-state index in [4.69, 9.17) is 4.74 Å². The number of nitrogens with zero attached hydrogens (tertiary/aromatic N) is 1. The van der Waals surface area contributed by atoms with Crippen LogP contribution in [0.5, 0.6) is 0 Å². The number of carbonyl (C=O) groups is 2. The number of carbonyl (C=O) groups excluding carboxylic acids is 2. The van der Waals surface area contributed by atoms with Gasteiger partial charge in [0.2, 0.25) is 0 Å². The van der Waals surface area contributed by atoms with Gasteiger partial charge in [0.25, 0.3) is 5.91 Å². The minimum absolute atomic E-state index is 0.114. The molecule has 0 aromatic heterocycles. The summed E-state index contributed by atoms with van der Waals surface area (Å²) in [5, 5.41) is 0. The first-order chi connectivity index (χ1) is 12.6. The van der Waals surface area contributed by atoms with Crippen LogP contribution in [0.2, 0.25) is 0 Å². The predicted octanol–water partition coefficient (Wildman–Crippen LogP) is 2.52. The highest BCUT2D eigenvalue weighted by atomic mass is 32.2. The summed E-state index contributed by atoms with van der Waals surface area (Å²) in [7, 11) is -1.68. The number of benzene rings is 2. The summed E-state index contributed by atoms with van der Waals surface area (Å²) < 4.78 is 27.9. The lowest BCUT2D eigenvalue weighted by Gasteiger charge is -2.18. The third-order valence-electron chi connectivity index (χ3n) is 4.18. The number of aryl methyl sites for hydroxylation is 2. The van der Waals surface area contributed by atoms with Crippen molar-refractivity contribution in [1.82, 2.24) is 4.90 Å². The lowest BCUT2D eigenvalue weighted by molar-refractivity contribution is -0.133. The first-order valence-corrected chi connectivity index (χ1v) is 10.2. The van der Waals surface area contributed by atoms with E-state index >= 15 is 0 Å². The van der Waals surface area contributed by atoms with Gasteiger partial charge in [0.15, 0.2) is 16.4 Å². The van der Waals surface area contributed by atoms with E-state index in [-0.39, 0.29) is 23.0 Å². The summed E-state index contributed by atoms with van der Waals surface area (Å²) in [4.78, 5) is 25.9. The Morgan fingerprint density at radius 3 is 2.22 bits per heavy atom. The summed E-state index contributed by atoms with van der Waals surface area (Å²) in [5.41, 5.74) is 3.46. The van der Waals surface area contributed by atoms with Crippen molar-refractivity contribution in [1.29, 1.82) is 0 Å². The van der Waals surface area contributed by atoms with Crippen molar-refractivity contribution in [3.8, 4) is 0 Å². The van der Waals surface area contributed by atoms with Crippen LogP contribution >= 0.6 is 0 Å². The van der Waals surface area contributed by atoms with Gasteiger partial charge in [-0.1, -0.05) is 23.8 Å². The van der Waals surface area contributed by atoms with Gasteiger partial charge in [0.1, 0.15) is 0 Å². The van der Waals surface area contributed by atoms with Crippen LogP contribution in [0.3, 0.4) is 0 Å². The molecule has 0 aliphatic rings. The number of hydrogen-bond acceptors (Lipinski definition) is 5. The molecule has 0 aliphatic heterocycles. The number of amides is 1. The van der Waals surface area contributed by atoms with E-state index in [1.807, 2.05) is 32.0 Å². The maximum absolute atomic E-state index is 12.2. The number of ether oxygens (including phenoxy) is 1. The van der Waals surface area contributed by atoms with Gasteiger partial charge in [-0.3, -0.25) is 4.79 Å².